The molecule has 1 saturated heterocycles. The van der Waals surface area contributed by atoms with E-state index in [2.05, 4.69) is 27.3 Å². The van der Waals surface area contributed by atoms with E-state index < -0.39 is 0 Å². The lowest BCUT2D eigenvalue weighted by Gasteiger charge is -2.21. The molecule has 3 N–H and O–H groups in total. The average molecular weight is 359 g/mol. The maximum atomic E-state index is 12.3. The van der Waals surface area contributed by atoms with Crippen LogP contribution in [-0.2, 0) is 13.1 Å². The Morgan fingerprint density at radius 1 is 1.36 bits per heavy atom. The molecule has 6 nitrogen and oxygen atoms in total. The van der Waals surface area contributed by atoms with Gasteiger partial charge in [0.05, 0.1) is 6.54 Å². The molecule has 1 aliphatic rings. The van der Waals surface area contributed by atoms with Gasteiger partial charge in [-0.1, -0.05) is 48.1 Å². The van der Waals surface area contributed by atoms with Gasteiger partial charge in [-0.05, 0) is 37.4 Å². The zero-order valence-electron chi connectivity index (χ0n) is 14.8. The lowest BCUT2D eigenvalue weighted by Crippen LogP contribution is -2.31. The largest absolute Gasteiger partial charge is 0.346 e. The summed E-state index contributed by atoms with van der Waals surface area (Å²) < 4.78 is 0. The third-order valence-electron chi connectivity index (χ3n) is 4.72. The Hall–Kier alpha value is -1.83. The van der Waals surface area contributed by atoms with Crippen molar-refractivity contribution in [3.05, 3.63) is 45.4 Å². The van der Waals surface area contributed by atoms with Crippen LogP contribution in [0.5, 0.6) is 0 Å². The molecular formula is C18H25N5OS. The van der Waals surface area contributed by atoms with Gasteiger partial charge in [0.25, 0.3) is 5.91 Å². The highest BCUT2D eigenvalue weighted by Gasteiger charge is 2.32. The summed E-state index contributed by atoms with van der Waals surface area (Å²) in [6.45, 7) is 8.18. The predicted molar refractivity (Wildman–Crippen MR) is 99.3 cm³/mol. The zero-order valence-corrected chi connectivity index (χ0v) is 15.6. The summed E-state index contributed by atoms with van der Waals surface area (Å²) in [5.74, 6) is -0.169. The average Bonchev–Trinajstić information content (AvgIpc) is 3.22. The van der Waals surface area contributed by atoms with Crippen LogP contribution in [0.25, 0.3) is 0 Å². The second-order valence-corrected chi connectivity index (χ2v) is 8.21. The molecule has 0 bridgehead atoms. The molecule has 2 aromatic rings. The van der Waals surface area contributed by atoms with Gasteiger partial charge in [-0.15, -0.1) is 10.2 Å². The minimum Gasteiger partial charge on any atom is -0.346 e. The van der Waals surface area contributed by atoms with Crippen molar-refractivity contribution in [2.24, 2.45) is 11.1 Å². The van der Waals surface area contributed by atoms with E-state index in [0.717, 1.165) is 36.6 Å². The monoisotopic (exact) mass is 359 g/mol. The number of hydrogen-bond donors (Lipinski definition) is 2. The van der Waals surface area contributed by atoms with E-state index in [1.807, 2.05) is 31.2 Å². The van der Waals surface area contributed by atoms with Gasteiger partial charge in [0.2, 0.25) is 5.01 Å². The molecule has 0 spiro atoms. The van der Waals surface area contributed by atoms with Crippen LogP contribution in [-0.4, -0.2) is 40.6 Å². The van der Waals surface area contributed by atoms with Crippen molar-refractivity contribution < 1.29 is 4.79 Å². The van der Waals surface area contributed by atoms with E-state index in [1.165, 1.54) is 16.9 Å². The predicted octanol–water partition coefficient (Wildman–Crippen LogP) is 1.95. The number of amides is 1. The Bertz CT molecular complexity index is 729. The normalized spacial score (nSPS) is 20.8. The Kier molecular flexibility index (Phi) is 5.46. The van der Waals surface area contributed by atoms with Crippen molar-refractivity contribution in [2.75, 3.05) is 19.6 Å². The summed E-state index contributed by atoms with van der Waals surface area (Å²) >= 11 is 1.37. The summed E-state index contributed by atoms with van der Waals surface area (Å²) in [6.07, 6.45) is 1.10. The third-order valence-corrected chi connectivity index (χ3v) is 5.63. The standard InChI is InChI=1S/C18H25N5OS/c1-13-3-5-14(6-4-13)9-20-16(24)17-22-21-15(25-17)10-23-8-7-18(2,11-19)12-23/h3-6H,7-12,19H2,1-2H3,(H,20,24). The Labute approximate surface area is 152 Å². The minimum atomic E-state index is -0.169. The molecule has 2 heterocycles. The summed E-state index contributed by atoms with van der Waals surface area (Å²) in [7, 11) is 0. The topological polar surface area (TPSA) is 84.1 Å². The van der Waals surface area contributed by atoms with Crippen molar-refractivity contribution in [2.45, 2.75) is 33.4 Å². The quantitative estimate of drug-likeness (QED) is 0.823. The van der Waals surface area contributed by atoms with E-state index in [-0.39, 0.29) is 11.3 Å². The van der Waals surface area contributed by atoms with Gasteiger partial charge in [0, 0.05) is 13.1 Å². The number of rotatable bonds is 6. The van der Waals surface area contributed by atoms with Crippen LogP contribution in [0.2, 0.25) is 0 Å². The van der Waals surface area contributed by atoms with E-state index in [4.69, 9.17) is 5.73 Å². The fraction of sp³-hybridized carbons (Fsp3) is 0.500. The first-order valence-electron chi connectivity index (χ1n) is 8.56. The molecule has 1 aromatic heterocycles. The van der Waals surface area contributed by atoms with Crippen molar-refractivity contribution in [3.8, 4) is 0 Å². The van der Waals surface area contributed by atoms with Crippen molar-refractivity contribution in [1.29, 1.82) is 0 Å². The highest BCUT2D eigenvalue weighted by molar-refractivity contribution is 7.13. The first kappa shape index (κ1) is 18.0. The molecule has 1 aliphatic heterocycles. The minimum absolute atomic E-state index is 0.169. The van der Waals surface area contributed by atoms with Crippen LogP contribution in [0.1, 0.15) is 39.3 Å². The van der Waals surface area contributed by atoms with Gasteiger partial charge in [0.1, 0.15) is 5.01 Å². The summed E-state index contributed by atoms with van der Waals surface area (Å²) in [5.41, 5.74) is 8.32. The summed E-state index contributed by atoms with van der Waals surface area (Å²) in [5, 5.41) is 12.4. The molecule has 1 unspecified atom stereocenters. The number of nitrogens with zero attached hydrogens (tertiary/aromatic N) is 3. The van der Waals surface area contributed by atoms with E-state index in [0.29, 0.717) is 18.1 Å². The van der Waals surface area contributed by atoms with Crippen LogP contribution < -0.4 is 11.1 Å². The number of nitrogens with one attached hydrogen (secondary N) is 1. The fourth-order valence-corrected chi connectivity index (χ4v) is 3.79. The molecule has 1 amide bonds. The maximum Gasteiger partial charge on any atom is 0.282 e. The molecule has 1 aromatic carbocycles. The number of hydrogen-bond acceptors (Lipinski definition) is 6. The smallest absolute Gasteiger partial charge is 0.282 e. The van der Waals surface area contributed by atoms with Gasteiger partial charge in [-0.3, -0.25) is 9.69 Å². The lowest BCUT2D eigenvalue weighted by molar-refractivity contribution is 0.0950. The molecular weight excluding hydrogens is 334 g/mol. The molecule has 3 rings (SSSR count). The van der Waals surface area contributed by atoms with Crippen molar-refractivity contribution in [3.63, 3.8) is 0 Å². The van der Waals surface area contributed by atoms with Crippen molar-refractivity contribution >= 4 is 17.2 Å². The van der Waals surface area contributed by atoms with Crippen LogP contribution in [0.15, 0.2) is 24.3 Å². The lowest BCUT2D eigenvalue weighted by atomic mass is 9.90. The Balaban J connectivity index is 1.52. The van der Waals surface area contributed by atoms with E-state index >= 15 is 0 Å². The number of aromatic nitrogens is 2. The number of nitrogens with two attached hydrogens (primary N) is 1. The first-order chi connectivity index (χ1) is 12.0. The second-order valence-electron chi connectivity index (χ2n) is 7.14. The summed E-state index contributed by atoms with van der Waals surface area (Å²) in [6, 6.07) is 8.11. The third kappa shape index (κ3) is 4.62. The summed E-state index contributed by atoms with van der Waals surface area (Å²) in [4.78, 5) is 14.6. The highest BCUT2D eigenvalue weighted by Crippen LogP contribution is 2.29. The number of benzene rings is 1. The van der Waals surface area contributed by atoms with Crippen LogP contribution in [0, 0.1) is 12.3 Å². The SMILES string of the molecule is Cc1ccc(CNC(=O)c2nnc(CN3CCC(C)(CN)C3)s2)cc1. The maximum absolute atomic E-state index is 12.3. The fourth-order valence-electron chi connectivity index (χ4n) is 2.99. The highest BCUT2D eigenvalue weighted by atomic mass is 32.1. The number of aryl methyl sites for hydroxylation is 1. The molecule has 0 saturated carbocycles. The van der Waals surface area contributed by atoms with E-state index in [9.17, 15) is 4.79 Å². The Morgan fingerprint density at radius 2 is 2.12 bits per heavy atom. The second kappa shape index (κ2) is 7.59. The van der Waals surface area contributed by atoms with Crippen LogP contribution >= 0.6 is 11.3 Å². The molecule has 0 aliphatic carbocycles. The molecule has 1 atom stereocenters. The zero-order chi connectivity index (χ0) is 17.9. The Morgan fingerprint density at radius 3 is 2.80 bits per heavy atom. The molecule has 25 heavy (non-hydrogen) atoms. The molecule has 134 valence electrons. The first-order valence-corrected chi connectivity index (χ1v) is 9.38. The van der Waals surface area contributed by atoms with Gasteiger partial charge in [-0.2, -0.15) is 0 Å². The molecule has 7 heteroatoms. The van der Waals surface area contributed by atoms with Gasteiger partial charge >= 0.3 is 0 Å². The van der Waals surface area contributed by atoms with Crippen LogP contribution in [0.4, 0.5) is 0 Å². The van der Waals surface area contributed by atoms with Crippen LogP contribution in [0.3, 0.4) is 0 Å². The van der Waals surface area contributed by atoms with Gasteiger partial charge < -0.3 is 11.1 Å². The number of carbonyl (C=O) groups excluding carboxylic acids is 1. The van der Waals surface area contributed by atoms with Gasteiger partial charge in [0.15, 0.2) is 0 Å². The molecule has 1 fully saturated rings. The number of carbonyl (C=O) groups is 1. The van der Waals surface area contributed by atoms with Gasteiger partial charge in [-0.25, -0.2) is 0 Å². The van der Waals surface area contributed by atoms with Crippen molar-refractivity contribution in [1.82, 2.24) is 20.4 Å². The van der Waals surface area contributed by atoms with E-state index in [1.54, 1.807) is 0 Å². The number of likely N-dealkylation sites (tertiary alicyclic amines) is 1. The molecule has 0 radical (unpaired) electrons.